The molecule has 5 nitrogen and oxygen atoms in total. The summed E-state index contributed by atoms with van der Waals surface area (Å²) < 4.78 is 81.1. The molecule has 0 N–H and O–H groups in total. The molecule has 4 aromatic rings. The SMILES string of the molecule is CC(C)(c1cccc(-c2ccc(F)nc2F)n1)c1cccc(-n2cc(F)nc2C(F)(F)F)n1. The van der Waals surface area contributed by atoms with Gasteiger partial charge in [-0.2, -0.15) is 36.3 Å². The third-order valence-corrected chi connectivity index (χ3v) is 5.03. The number of hydrogen-bond donors (Lipinski definition) is 0. The summed E-state index contributed by atoms with van der Waals surface area (Å²) in [7, 11) is 0. The predicted molar refractivity (Wildman–Crippen MR) is 106 cm³/mol. The monoisotopic (exact) mass is 463 g/mol. The molecule has 33 heavy (non-hydrogen) atoms. The van der Waals surface area contributed by atoms with E-state index in [2.05, 4.69) is 19.9 Å². The Balaban J connectivity index is 1.77. The third kappa shape index (κ3) is 4.30. The van der Waals surface area contributed by atoms with Gasteiger partial charge in [-0.1, -0.05) is 12.1 Å². The van der Waals surface area contributed by atoms with Crippen LogP contribution in [0.5, 0.6) is 0 Å². The first-order valence-corrected chi connectivity index (χ1v) is 9.57. The molecule has 0 saturated carbocycles. The summed E-state index contributed by atoms with van der Waals surface area (Å²) in [6, 6.07) is 11.3. The summed E-state index contributed by atoms with van der Waals surface area (Å²) in [5, 5.41) is 0. The Hall–Kier alpha value is -3.76. The van der Waals surface area contributed by atoms with E-state index in [1.807, 2.05) is 0 Å². The summed E-state index contributed by atoms with van der Waals surface area (Å²) in [6.07, 6.45) is -4.29. The van der Waals surface area contributed by atoms with Gasteiger partial charge in [0.15, 0.2) is 0 Å². The van der Waals surface area contributed by atoms with Crippen molar-refractivity contribution in [1.29, 1.82) is 0 Å². The third-order valence-electron chi connectivity index (χ3n) is 5.03. The van der Waals surface area contributed by atoms with Crippen molar-refractivity contribution < 1.29 is 26.3 Å². The van der Waals surface area contributed by atoms with Crippen molar-refractivity contribution in [2.45, 2.75) is 25.4 Å². The van der Waals surface area contributed by atoms with Crippen LogP contribution in [0.2, 0.25) is 0 Å². The van der Waals surface area contributed by atoms with Crippen LogP contribution in [0.15, 0.2) is 54.7 Å². The van der Waals surface area contributed by atoms with Gasteiger partial charge in [0.2, 0.25) is 23.7 Å². The number of pyridine rings is 3. The predicted octanol–water partition coefficient (Wildman–Crippen LogP) is 5.49. The van der Waals surface area contributed by atoms with E-state index < -0.39 is 35.3 Å². The fraction of sp³-hybridized carbons (Fsp3) is 0.182. The molecule has 0 spiro atoms. The lowest BCUT2D eigenvalue weighted by atomic mass is 9.84. The zero-order valence-electron chi connectivity index (χ0n) is 17.2. The van der Waals surface area contributed by atoms with Crippen molar-refractivity contribution in [3.05, 3.63) is 89.8 Å². The second-order valence-corrected chi connectivity index (χ2v) is 7.64. The lowest BCUT2D eigenvalue weighted by Gasteiger charge is -2.25. The summed E-state index contributed by atoms with van der Waals surface area (Å²) in [4.78, 5) is 14.8. The Labute approximate surface area is 183 Å². The first kappa shape index (κ1) is 22.4. The molecule has 4 heterocycles. The van der Waals surface area contributed by atoms with Crippen molar-refractivity contribution in [3.8, 4) is 17.1 Å². The van der Waals surface area contributed by atoms with Gasteiger partial charge in [-0.25, -0.2) is 4.98 Å². The second kappa shape index (κ2) is 7.98. The summed E-state index contributed by atoms with van der Waals surface area (Å²) in [6.45, 7) is 3.45. The molecule has 0 aromatic carbocycles. The molecule has 0 bridgehead atoms. The molecule has 11 heteroatoms. The number of halogens is 6. The molecule has 0 saturated heterocycles. The number of alkyl halides is 3. The van der Waals surface area contributed by atoms with Crippen LogP contribution < -0.4 is 0 Å². The number of aromatic nitrogens is 5. The maximum Gasteiger partial charge on any atom is 0.450 e. The van der Waals surface area contributed by atoms with Gasteiger partial charge in [0, 0.05) is 5.41 Å². The van der Waals surface area contributed by atoms with E-state index >= 15 is 0 Å². The normalized spacial score (nSPS) is 12.2. The second-order valence-electron chi connectivity index (χ2n) is 7.64. The molecular weight excluding hydrogens is 448 g/mol. The van der Waals surface area contributed by atoms with Crippen LogP contribution in [0, 0.1) is 17.8 Å². The maximum absolute atomic E-state index is 14.1. The standard InChI is InChI=1S/C22H15F6N5/c1-21(2,14-6-3-5-13(29-14)12-9-10-16(23)31-19(12)25)15-7-4-8-18(30-15)33-11-17(24)32-20(33)22(26,27)28/h3-11H,1-2H3. The van der Waals surface area contributed by atoms with E-state index in [-0.39, 0.29) is 17.1 Å². The Morgan fingerprint density at radius 2 is 1.39 bits per heavy atom. The molecule has 170 valence electrons. The fourth-order valence-corrected chi connectivity index (χ4v) is 3.30. The van der Waals surface area contributed by atoms with Gasteiger partial charge in [-0.05, 0) is 50.2 Å². The van der Waals surface area contributed by atoms with Crippen LogP contribution in [0.25, 0.3) is 17.1 Å². The molecule has 0 radical (unpaired) electrons. The summed E-state index contributed by atoms with van der Waals surface area (Å²) in [5.41, 5.74) is -0.0314. The van der Waals surface area contributed by atoms with Crippen LogP contribution in [0.4, 0.5) is 26.3 Å². The zero-order chi connectivity index (χ0) is 24.0. The Bertz CT molecular complexity index is 1330. The molecule has 0 atom stereocenters. The van der Waals surface area contributed by atoms with Gasteiger partial charge in [-0.15, -0.1) is 0 Å². The first-order valence-electron chi connectivity index (χ1n) is 9.57. The minimum atomic E-state index is -4.89. The lowest BCUT2D eigenvalue weighted by Crippen LogP contribution is -2.23. The number of imidazole rings is 1. The Kier molecular flexibility index (Phi) is 5.43. The van der Waals surface area contributed by atoms with Gasteiger partial charge in [0.25, 0.3) is 0 Å². The maximum atomic E-state index is 14.1. The van der Waals surface area contributed by atoms with E-state index in [9.17, 15) is 26.3 Å². The van der Waals surface area contributed by atoms with Crippen LogP contribution in [-0.2, 0) is 11.6 Å². The van der Waals surface area contributed by atoms with Crippen LogP contribution >= 0.6 is 0 Å². The molecule has 4 rings (SSSR count). The van der Waals surface area contributed by atoms with Crippen molar-refractivity contribution in [2.75, 3.05) is 0 Å². The average Bonchev–Trinajstić information content (AvgIpc) is 3.16. The molecule has 0 aliphatic heterocycles. The van der Waals surface area contributed by atoms with E-state index in [0.29, 0.717) is 22.2 Å². The molecule has 0 unspecified atom stereocenters. The van der Waals surface area contributed by atoms with Gasteiger partial charge in [0.05, 0.1) is 28.8 Å². The van der Waals surface area contributed by atoms with E-state index in [1.165, 1.54) is 24.3 Å². The molecule has 0 aliphatic carbocycles. The van der Waals surface area contributed by atoms with Gasteiger partial charge >= 0.3 is 6.18 Å². The van der Waals surface area contributed by atoms with Crippen molar-refractivity contribution in [1.82, 2.24) is 24.5 Å². The van der Waals surface area contributed by atoms with E-state index in [0.717, 1.165) is 6.07 Å². The Morgan fingerprint density at radius 3 is 2.06 bits per heavy atom. The average molecular weight is 463 g/mol. The highest BCUT2D eigenvalue weighted by atomic mass is 19.4. The highest BCUT2D eigenvalue weighted by Crippen LogP contribution is 2.33. The number of nitrogens with zero attached hydrogens (tertiary/aromatic N) is 5. The minimum Gasteiger partial charge on any atom is -0.277 e. The van der Waals surface area contributed by atoms with Gasteiger partial charge in [-0.3, -0.25) is 9.55 Å². The van der Waals surface area contributed by atoms with Gasteiger partial charge in [0.1, 0.15) is 5.82 Å². The van der Waals surface area contributed by atoms with Crippen LogP contribution in [0.3, 0.4) is 0 Å². The van der Waals surface area contributed by atoms with E-state index in [4.69, 9.17) is 0 Å². The summed E-state index contributed by atoms with van der Waals surface area (Å²) in [5.74, 6) is -4.92. The minimum absolute atomic E-state index is 0.0144. The zero-order valence-corrected chi connectivity index (χ0v) is 17.2. The number of hydrogen-bond acceptors (Lipinski definition) is 4. The van der Waals surface area contributed by atoms with Crippen LogP contribution in [0.1, 0.15) is 31.1 Å². The summed E-state index contributed by atoms with van der Waals surface area (Å²) >= 11 is 0. The molecule has 0 amide bonds. The smallest absolute Gasteiger partial charge is 0.277 e. The van der Waals surface area contributed by atoms with Crippen LogP contribution in [-0.4, -0.2) is 24.5 Å². The molecule has 4 aromatic heterocycles. The molecule has 0 aliphatic rings. The van der Waals surface area contributed by atoms with Crippen molar-refractivity contribution in [2.24, 2.45) is 0 Å². The Morgan fingerprint density at radius 1 is 0.727 bits per heavy atom. The first-order chi connectivity index (χ1) is 15.5. The van der Waals surface area contributed by atoms with Crippen molar-refractivity contribution in [3.63, 3.8) is 0 Å². The number of rotatable bonds is 4. The lowest BCUT2D eigenvalue weighted by molar-refractivity contribution is -0.146. The van der Waals surface area contributed by atoms with Gasteiger partial charge < -0.3 is 0 Å². The van der Waals surface area contributed by atoms with Crippen molar-refractivity contribution >= 4 is 0 Å². The topological polar surface area (TPSA) is 56.5 Å². The largest absolute Gasteiger partial charge is 0.450 e. The highest BCUT2D eigenvalue weighted by Gasteiger charge is 2.38. The highest BCUT2D eigenvalue weighted by molar-refractivity contribution is 5.59. The fourth-order valence-electron chi connectivity index (χ4n) is 3.30. The molecular formula is C22H15F6N5. The van der Waals surface area contributed by atoms with E-state index in [1.54, 1.807) is 32.0 Å². The quantitative estimate of drug-likeness (QED) is 0.297. The molecule has 0 fully saturated rings.